The fourth-order valence-corrected chi connectivity index (χ4v) is 2.22. The summed E-state index contributed by atoms with van der Waals surface area (Å²) >= 11 is 0. The molecule has 1 aliphatic rings. The number of hydrogen-bond donors (Lipinski definition) is 2. The van der Waals surface area contributed by atoms with Crippen molar-refractivity contribution in [2.24, 2.45) is 0 Å². The van der Waals surface area contributed by atoms with E-state index in [1.165, 1.54) is 0 Å². The molecule has 1 saturated heterocycles. The predicted octanol–water partition coefficient (Wildman–Crippen LogP) is 1.86. The van der Waals surface area contributed by atoms with Crippen molar-refractivity contribution in [2.45, 2.75) is 19.0 Å². The summed E-state index contributed by atoms with van der Waals surface area (Å²) in [5, 5.41) is 2.52. The molecule has 0 saturated carbocycles. The molecule has 0 aromatic carbocycles. The molecule has 2 rings (SSSR count). The third kappa shape index (κ3) is 3.50. The molecule has 1 aromatic heterocycles. The van der Waals surface area contributed by atoms with Crippen LogP contribution in [0.4, 0.5) is 13.2 Å². The fourth-order valence-electron chi connectivity index (χ4n) is 2.22. The van der Waals surface area contributed by atoms with Gasteiger partial charge in [-0.1, -0.05) is 0 Å². The molecule has 7 heteroatoms. The number of alkyl halides is 3. The summed E-state index contributed by atoms with van der Waals surface area (Å²) in [6, 6.07) is 0. The third-order valence-electron chi connectivity index (χ3n) is 3.21. The topological polar surface area (TPSA) is 48.1 Å². The van der Waals surface area contributed by atoms with Gasteiger partial charge < -0.3 is 15.2 Å². The smallest absolute Gasteiger partial charge is 0.366 e. The highest BCUT2D eigenvalue weighted by Gasteiger charge is 2.35. The van der Waals surface area contributed by atoms with Crippen LogP contribution in [-0.2, 0) is 6.18 Å². The van der Waals surface area contributed by atoms with Gasteiger partial charge in [0.1, 0.15) is 0 Å². The monoisotopic (exact) mass is 275 g/mol. The second-order valence-electron chi connectivity index (χ2n) is 4.59. The maximum atomic E-state index is 12.6. The summed E-state index contributed by atoms with van der Waals surface area (Å²) < 4.78 is 37.8. The van der Waals surface area contributed by atoms with Crippen molar-refractivity contribution in [1.29, 1.82) is 0 Å². The van der Waals surface area contributed by atoms with Crippen LogP contribution in [0.1, 0.15) is 28.8 Å². The van der Waals surface area contributed by atoms with Crippen molar-refractivity contribution in [2.75, 3.05) is 26.2 Å². The number of nitrogens with one attached hydrogen (secondary N) is 2. The lowest BCUT2D eigenvalue weighted by atomic mass is 10.2. The largest absolute Gasteiger partial charge is 0.418 e. The number of carbonyl (C=O) groups is 1. The van der Waals surface area contributed by atoms with Gasteiger partial charge in [0, 0.05) is 25.5 Å². The van der Waals surface area contributed by atoms with E-state index < -0.39 is 17.6 Å². The van der Waals surface area contributed by atoms with Gasteiger partial charge in [0.25, 0.3) is 5.91 Å². The first-order chi connectivity index (χ1) is 8.98. The average molecular weight is 275 g/mol. The van der Waals surface area contributed by atoms with Gasteiger partial charge in [-0.05, 0) is 25.9 Å². The maximum Gasteiger partial charge on any atom is 0.418 e. The van der Waals surface area contributed by atoms with Crippen molar-refractivity contribution in [3.05, 3.63) is 23.5 Å². The summed E-state index contributed by atoms with van der Waals surface area (Å²) in [6.45, 7) is 3.03. The molecule has 0 bridgehead atoms. The van der Waals surface area contributed by atoms with Crippen LogP contribution < -0.4 is 5.32 Å². The maximum absolute atomic E-state index is 12.6. The molecule has 0 unspecified atom stereocenters. The highest BCUT2D eigenvalue weighted by atomic mass is 19.4. The Kier molecular flexibility index (Phi) is 4.14. The van der Waals surface area contributed by atoms with Gasteiger partial charge >= 0.3 is 6.18 Å². The number of likely N-dealkylation sites (tertiary alicyclic amines) is 1. The van der Waals surface area contributed by atoms with E-state index >= 15 is 0 Å². The highest BCUT2D eigenvalue weighted by Crippen LogP contribution is 2.31. The summed E-state index contributed by atoms with van der Waals surface area (Å²) in [6.07, 6.45) is -0.348. The lowest BCUT2D eigenvalue weighted by molar-refractivity contribution is -0.137. The molecular weight excluding hydrogens is 259 g/mol. The Morgan fingerprint density at radius 1 is 1.32 bits per heavy atom. The Hall–Kier alpha value is -1.50. The van der Waals surface area contributed by atoms with E-state index in [9.17, 15) is 18.0 Å². The average Bonchev–Trinajstić information content (AvgIpc) is 2.98. The quantitative estimate of drug-likeness (QED) is 0.881. The molecule has 19 heavy (non-hydrogen) atoms. The SMILES string of the molecule is O=C(NCCN1CCCC1)c1c[nH]cc1C(F)(F)F. The predicted molar refractivity (Wildman–Crippen MR) is 63.8 cm³/mol. The summed E-state index contributed by atoms with van der Waals surface area (Å²) in [4.78, 5) is 16.2. The molecule has 0 atom stereocenters. The van der Waals surface area contributed by atoms with Crippen LogP contribution in [0.3, 0.4) is 0 Å². The van der Waals surface area contributed by atoms with E-state index in [0.717, 1.165) is 38.3 Å². The van der Waals surface area contributed by atoms with E-state index in [2.05, 4.69) is 15.2 Å². The second-order valence-corrected chi connectivity index (χ2v) is 4.59. The molecule has 106 valence electrons. The minimum atomic E-state index is -4.51. The van der Waals surface area contributed by atoms with E-state index in [4.69, 9.17) is 0 Å². The van der Waals surface area contributed by atoms with Crippen LogP contribution in [0, 0.1) is 0 Å². The number of H-pyrrole nitrogens is 1. The highest BCUT2D eigenvalue weighted by molar-refractivity contribution is 5.95. The van der Waals surface area contributed by atoms with Crippen molar-refractivity contribution in [3.8, 4) is 0 Å². The number of amides is 1. The van der Waals surface area contributed by atoms with Gasteiger partial charge in [0.15, 0.2) is 0 Å². The number of halogens is 3. The molecule has 0 radical (unpaired) electrons. The van der Waals surface area contributed by atoms with Crippen LogP contribution in [-0.4, -0.2) is 42.0 Å². The molecule has 0 aliphatic carbocycles. The Labute approximate surface area is 109 Å². The van der Waals surface area contributed by atoms with Crippen LogP contribution in [0.15, 0.2) is 12.4 Å². The number of aromatic amines is 1. The van der Waals surface area contributed by atoms with Gasteiger partial charge in [0.2, 0.25) is 0 Å². The van der Waals surface area contributed by atoms with Crippen molar-refractivity contribution >= 4 is 5.91 Å². The first-order valence-corrected chi connectivity index (χ1v) is 6.23. The minimum absolute atomic E-state index is 0.353. The standard InChI is InChI=1S/C12H16F3N3O/c13-12(14,15)10-8-16-7-9(10)11(19)17-3-6-18-4-1-2-5-18/h7-8,16H,1-6H2,(H,17,19). The van der Waals surface area contributed by atoms with E-state index in [1.807, 2.05) is 0 Å². The Bertz CT molecular complexity index is 436. The van der Waals surface area contributed by atoms with Gasteiger partial charge in [-0.15, -0.1) is 0 Å². The number of carbonyl (C=O) groups excluding carboxylic acids is 1. The van der Waals surface area contributed by atoms with Gasteiger partial charge in [0.05, 0.1) is 11.1 Å². The van der Waals surface area contributed by atoms with Crippen molar-refractivity contribution in [3.63, 3.8) is 0 Å². The Morgan fingerprint density at radius 3 is 2.63 bits per heavy atom. The molecule has 2 heterocycles. The second kappa shape index (κ2) is 5.64. The number of hydrogen-bond acceptors (Lipinski definition) is 2. The Morgan fingerprint density at radius 2 is 2.00 bits per heavy atom. The van der Waals surface area contributed by atoms with Crippen LogP contribution >= 0.6 is 0 Å². The van der Waals surface area contributed by atoms with Gasteiger partial charge in [-0.2, -0.15) is 13.2 Å². The molecule has 1 amide bonds. The number of aromatic nitrogens is 1. The van der Waals surface area contributed by atoms with Crippen molar-refractivity contribution < 1.29 is 18.0 Å². The third-order valence-corrected chi connectivity index (χ3v) is 3.21. The zero-order chi connectivity index (χ0) is 13.9. The fraction of sp³-hybridized carbons (Fsp3) is 0.583. The molecule has 2 N–H and O–H groups in total. The minimum Gasteiger partial charge on any atom is -0.366 e. The first-order valence-electron chi connectivity index (χ1n) is 6.23. The molecule has 1 aliphatic heterocycles. The molecule has 1 fully saturated rings. The van der Waals surface area contributed by atoms with Gasteiger partial charge in [-0.25, -0.2) is 0 Å². The number of rotatable bonds is 4. The normalized spacial score (nSPS) is 16.8. The number of nitrogens with zero attached hydrogens (tertiary/aromatic N) is 1. The van der Waals surface area contributed by atoms with Crippen LogP contribution in [0.25, 0.3) is 0 Å². The molecule has 1 aromatic rings. The van der Waals surface area contributed by atoms with E-state index in [-0.39, 0.29) is 5.56 Å². The van der Waals surface area contributed by atoms with E-state index in [1.54, 1.807) is 0 Å². The van der Waals surface area contributed by atoms with Crippen LogP contribution in [0.2, 0.25) is 0 Å². The van der Waals surface area contributed by atoms with Gasteiger partial charge in [-0.3, -0.25) is 4.79 Å². The van der Waals surface area contributed by atoms with Crippen molar-refractivity contribution in [1.82, 2.24) is 15.2 Å². The summed E-state index contributed by atoms with van der Waals surface area (Å²) in [7, 11) is 0. The lowest BCUT2D eigenvalue weighted by Crippen LogP contribution is -2.34. The molecule has 4 nitrogen and oxygen atoms in total. The zero-order valence-electron chi connectivity index (χ0n) is 10.4. The zero-order valence-corrected chi connectivity index (χ0v) is 10.4. The van der Waals surface area contributed by atoms with Crippen LogP contribution in [0.5, 0.6) is 0 Å². The Balaban J connectivity index is 1.87. The summed E-state index contributed by atoms with van der Waals surface area (Å²) in [5.41, 5.74) is -1.28. The first kappa shape index (κ1) is 13.9. The van der Waals surface area contributed by atoms with E-state index in [0.29, 0.717) is 13.1 Å². The lowest BCUT2D eigenvalue weighted by Gasteiger charge is -2.15. The summed E-state index contributed by atoms with van der Waals surface area (Å²) in [5.74, 6) is -0.687. The molecule has 0 spiro atoms. The molecular formula is C12H16F3N3O.